The average Bonchev–Trinajstić information content (AvgIpc) is 2.42. The lowest BCUT2D eigenvalue weighted by Crippen LogP contribution is -1.86. The lowest BCUT2D eigenvalue weighted by Gasteiger charge is -2.02. The Labute approximate surface area is 103 Å². The molecule has 1 aromatic carbocycles. The van der Waals surface area contributed by atoms with Crippen molar-refractivity contribution in [2.24, 2.45) is 0 Å². The molecule has 0 spiro atoms. The molecule has 0 radical (unpaired) electrons. The van der Waals surface area contributed by atoms with E-state index in [2.05, 4.69) is 36.2 Å². The second kappa shape index (κ2) is 6.69. The second-order valence-electron chi connectivity index (χ2n) is 3.45. The third kappa shape index (κ3) is 3.59. The smallest absolute Gasteiger partial charge is 0.137 e. The number of pyridine rings is 1. The van der Waals surface area contributed by atoms with Crippen molar-refractivity contribution in [3.05, 3.63) is 48.2 Å². The lowest BCUT2D eigenvalue weighted by atomic mass is 10.1. The highest BCUT2D eigenvalue weighted by molar-refractivity contribution is 5.59. The van der Waals surface area contributed by atoms with Crippen LogP contribution in [0.15, 0.2) is 42.6 Å². The topological polar surface area (TPSA) is 22.1 Å². The summed E-state index contributed by atoms with van der Waals surface area (Å²) in [5.41, 5.74) is 3.35. The van der Waals surface area contributed by atoms with Crippen LogP contribution in [0.25, 0.3) is 11.3 Å². The molecule has 0 aliphatic rings. The third-order valence-corrected chi connectivity index (χ3v) is 2.32. The first-order valence-corrected chi connectivity index (χ1v) is 5.86. The molecule has 0 saturated carbocycles. The highest BCUT2D eigenvalue weighted by Crippen LogP contribution is 2.19. The fourth-order valence-electron chi connectivity index (χ4n) is 1.40. The minimum Gasteiger partial charge on any atom is -0.495 e. The maximum absolute atomic E-state index is 5.06. The standard InChI is InChI=1S/C13H13NO.C2H6/c1-10-3-5-11(6-4-10)13-8-7-12(15-2)9-14-13;1-2/h3-9H,1-2H3;1-2H3. The van der Waals surface area contributed by atoms with Crippen molar-refractivity contribution < 1.29 is 4.74 Å². The second-order valence-corrected chi connectivity index (χ2v) is 3.45. The maximum Gasteiger partial charge on any atom is 0.137 e. The van der Waals surface area contributed by atoms with Crippen molar-refractivity contribution in [3.63, 3.8) is 0 Å². The van der Waals surface area contributed by atoms with Gasteiger partial charge in [0.05, 0.1) is 19.0 Å². The van der Waals surface area contributed by atoms with Gasteiger partial charge in [0.2, 0.25) is 0 Å². The maximum atomic E-state index is 5.06. The van der Waals surface area contributed by atoms with Gasteiger partial charge in [-0.05, 0) is 19.1 Å². The van der Waals surface area contributed by atoms with E-state index in [-0.39, 0.29) is 0 Å². The van der Waals surface area contributed by atoms with E-state index in [1.165, 1.54) is 5.56 Å². The molecule has 1 heterocycles. The summed E-state index contributed by atoms with van der Waals surface area (Å²) in [5, 5.41) is 0. The summed E-state index contributed by atoms with van der Waals surface area (Å²) < 4.78 is 5.06. The van der Waals surface area contributed by atoms with Crippen LogP contribution in [0.3, 0.4) is 0 Å². The first-order valence-electron chi connectivity index (χ1n) is 5.86. The normalized spacial score (nSPS) is 9.18. The summed E-state index contributed by atoms with van der Waals surface area (Å²) in [4.78, 5) is 4.32. The van der Waals surface area contributed by atoms with Gasteiger partial charge in [-0.1, -0.05) is 43.7 Å². The van der Waals surface area contributed by atoms with Gasteiger partial charge in [-0.2, -0.15) is 0 Å². The molecule has 2 nitrogen and oxygen atoms in total. The fraction of sp³-hybridized carbons (Fsp3) is 0.267. The van der Waals surface area contributed by atoms with Gasteiger partial charge in [-0.25, -0.2) is 0 Å². The van der Waals surface area contributed by atoms with E-state index in [1.807, 2.05) is 26.0 Å². The largest absolute Gasteiger partial charge is 0.495 e. The van der Waals surface area contributed by atoms with Gasteiger partial charge in [0.15, 0.2) is 0 Å². The predicted octanol–water partition coefficient (Wildman–Crippen LogP) is 4.09. The van der Waals surface area contributed by atoms with E-state index < -0.39 is 0 Å². The summed E-state index contributed by atoms with van der Waals surface area (Å²) >= 11 is 0. The number of benzene rings is 1. The molecule has 0 saturated heterocycles. The van der Waals surface area contributed by atoms with Crippen LogP contribution in [0.4, 0.5) is 0 Å². The van der Waals surface area contributed by atoms with Crippen molar-refractivity contribution in [3.8, 4) is 17.0 Å². The van der Waals surface area contributed by atoms with Crippen LogP contribution >= 0.6 is 0 Å². The molecular weight excluding hydrogens is 210 g/mol. The molecule has 0 atom stereocenters. The Morgan fingerprint density at radius 2 is 1.59 bits per heavy atom. The quantitative estimate of drug-likeness (QED) is 0.773. The molecule has 2 aromatic rings. The Balaban J connectivity index is 0.000000686. The first kappa shape index (κ1) is 13.2. The van der Waals surface area contributed by atoms with Gasteiger partial charge in [0.25, 0.3) is 0 Å². The average molecular weight is 229 g/mol. The van der Waals surface area contributed by atoms with Crippen molar-refractivity contribution in [2.45, 2.75) is 20.8 Å². The molecule has 0 bridgehead atoms. The SMILES string of the molecule is CC.COc1ccc(-c2ccc(C)cc2)nc1. The van der Waals surface area contributed by atoms with Crippen LogP contribution in [0.1, 0.15) is 19.4 Å². The van der Waals surface area contributed by atoms with E-state index in [0.29, 0.717) is 0 Å². The molecule has 2 rings (SSSR count). The molecule has 0 aliphatic heterocycles. The monoisotopic (exact) mass is 229 g/mol. The number of aryl methyl sites for hydroxylation is 1. The zero-order chi connectivity index (χ0) is 12.7. The van der Waals surface area contributed by atoms with Crippen LogP contribution in [0.2, 0.25) is 0 Å². The Hall–Kier alpha value is -1.83. The number of methoxy groups -OCH3 is 1. The van der Waals surface area contributed by atoms with Gasteiger partial charge in [-0.15, -0.1) is 0 Å². The van der Waals surface area contributed by atoms with E-state index >= 15 is 0 Å². The molecule has 0 amide bonds. The van der Waals surface area contributed by atoms with E-state index in [9.17, 15) is 0 Å². The Kier molecular flexibility index (Phi) is 5.21. The van der Waals surface area contributed by atoms with Gasteiger partial charge in [0.1, 0.15) is 5.75 Å². The van der Waals surface area contributed by atoms with Gasteiger partial charge < -0.3 is 4.74 Å². The zero-order valence-corrected chi connectivity index (χ0v) is 10.9. The Morgan fingerprint density at radius 3 is 2.06 bits per heavy atom. The van der Waals surface area contributed by atoms with Gasteiger partial charge in [-0.3, -0.25) is 4.98 Å². The van der Waals surface area contributed by atoms with Crippen LogP contribution in [0.5, 0.6) is 5.75 Å². The van der Waals surface area contributed by atoms with Gasteiger partial charge in [0, 0.05) is 5.56 Å². The summed E-state index contributed by atoms with van der Waals surface area (Å²) in [7, 11) is 1.64. The lowest BCUT2D eigenvalue weighted by molar-refractivity contribution is 0.413. The number of nitrogens with zero attached hydrogens (tertiary/aromatic N) is 1. The van der Waals surface area contributed by atoms with Crippen LogP contribution in [0, 0.1) is 6.92 Å². The predicted molar refractivity (Wildman–Crippen MR) is 72.3 cm³/mol. The number of hydrogen-bond acceptors (Lipinski definition) is 2. The molecule has 0 fully saturated rings. The van der Waals surface area contributed by atoms with E-state index in [0.717, 1.165) is 17.0 Å². The Morgan fingerprint density at radius 1 is 0.941 bits per heavy atom. The number of aromatic nitrogens is 1. The minimum absolute atomic E-state index is 0.783. The highest BCUT2D eigenvalue weighted by Gasteiger charge is 1.98. The minimum atomic E-state index is 0.783. The molecule has 2 heteroatoms. The van der Waals surface area contributed by atoms with Crippen molar-refractivity contribution >= 4 is 0 Å². The van der Waals surface area contributed by atoms with Gasteiger partial charge >= 0.3 is 0 Å². The summed E-state index contributed by atoms with van der Waals surface area (Å²) in [6, 6.07) is 12.2. The highest BCUT2D eigenvalue weighted by atomic mass is 16.5. The van der Waals surface area contributed by atoms with Crippen molar-refractivity contribution in [2.75, 3.05) is 7.11 Å². The third-order valence-electron chi connectivity index (χ3n) is 2.32. The zero-order valence-electron chi connectivity index (χ0n) is 10.9. The van der Waals surface area contributed by atoms with E-state index in [4.69, 9.17) is 4.74 Å². The summed E-state index contributed by atoms with van der Waals surface area (Å²) in [5.74, 6) is 0.783. The molecule has 0 unspecified atom stereocenters. The summed E-state index contributed by atoms with van der Waals surface area (Å²) in [6.45, 7) is 6.07. The van der Waals surface area contributed by atoms with E-state index in [1.54, 1.807) is 13.3 Å². The van der Waals surface area contributed by atoms with Crippen LogP contribution < -0.4 is 4.74 Å². The van der Waals surface area contributed by atoms with Crippen LogP contribution in [-0.4, -0.2) is 12.1 Å². The Bertz CT molecular complexity index is 431. The molecule has 1 aromatic heterocycles. The summed E-state index contributed by atoms with van der Waals surface area (Å²) in [6.07, 6.45) is 1.73. The first-order chi connectivity index (χ1) is 8.29. The molecule has 0 N–H and O–H groups in total. The number of rotatable bonds is 2. The number of hydrogen-bond donors (Lipinski definition) is 0. The van der Waals surface area contributed by atoms with Crippen molar-refractivity contribution in [1.82, 2.24) is 4.98 Å². The molecule has 0 aliphatic carbocycles. The molecule has 90 valence electrons. The fourth-order valence-corrected chi connectivity index (χ4v) is 1.40. The molecule has 17 heavy (non-hydrogen) atoms. The van der Waals surface area contributed by atoms with Crippen LogP contribution in [-0.2, 0) is 0 Å². The van der Waals surface area contributed by atoms with Crippen molar-refractivity contribution in [1.29, 1.82) is 0 Å². The molecular formula is C15H19NO. The number of ether oxygens (including phenoxy) is 1.